The highest BCUT2D eigenvalue weighted by atomic mass is 32.2. The van der Waals surface area contributed by atoms with E-state index in [1.54, 1.807) is 11.2 Å². The molecule has 18 heavy (non-hydrogen) atoms. The van der Waals surface area contributed by atoms with Crippen molar-refractivity contribution in [2.24, 2.45) is 5.73 Å². The molecule has 2 atom stereocenters. The van der Waals surface area contributed by atoms with Gasteiger partial charge in [0.05, 0.1) is 5.25 Å². The van der Waals surface area contributed by atoms with Crippen LogP contribution in [0.4, 0.5) is 0 Å². The topological polar surface area (TPSA) is 63.4 Å². The molecule has 4 nitrogen and oxygen atoms in total. The minimum absolute atomic E-state index is 0.0230. The number of hydrogen-bond acceptors (Lipinski definition) is 3. The predicted octanol–water partition coefficient (Wildman–Crippen LogP) is 1.50. The van der Waals surface area contributed by atoms with Gasteiger partial charge in [0.2, 0.25) is 10.0 Å². The molecule has 1 heterocycles. The molecule has 0 bridgehead atoms. The molecule has 0 aliphatic carbocycles. The zero-order valence-corrected chi connectivity index (χ0v) is 11.4. The van der Waals surface area contributed by atoms with E-state index in [0.29, 0.717) is 6.54 Å². The van der Waals surface area contributed by atoms with Crippen LogP contribution in [0.5, 0.6) is 0 Å². The van der Waals surface area contributed by atoms with Crippen molar-refractivity contribution in [1.29, 1.82) is 0 Å². The minimum atomic E-state index is -3.28. The van der Waals surface area contributed by atoms with Gasteiger partial charge in [-0.3, -0.25) is 0 Å². The summed E-state index contributed by atoms with van der Waals surface area (Å²) in [4.78, 5) is 0. The fourth-order valence-electron chi connectivity index (χ4n) is 2.41. The molecule has 1 aromatic carbocycles. The van der Waals surface area contributed by atoms with Crippen LogP contribution in [0, 0.1) is 0 Å². The third kappa shape index (κ3) is 2.43. The lowest BCUT2D eigenvalue weighted by Gasteiger charge is -2.27. The quantitative estimate of drug-likeness (QED) is 0.900. The Morgan fingerprint density at radius 3 is 2.67 bits per heavy atom. The molecule has 0 amide bonds. The van der Waals surface area contributed by atoms with Gasteiger partial charge < -0.3 is 5.73 Å². The highest BCUT2D eigenvalue weighted by Gasteiger charge is 2.37. The van der Waals surface area contributed by atoms with Gasteiger partial charge in [0.15, 0.2) is 0 Å². The molecule has 5 heteroatoms. The molecule has 0 radical (unpaired) electrons. The summed E-state index contributed by atoms with van der Waals surface area (Å²) in [5.74, 6) is 0. The lowest BCUT2D eigenvalue weighted by Crippen LogP contribution is -2.40. The van der Waals surface area contributed by atoms with Gasteiger partial charge >= 0.3 is 0 Å². The zero-order valence-electron chi connectivity index (χ0n) is 10.6. The van der Waals surface area contributed by atoms with Gasteiger partial charge in [0.25, 0.3) is 0 Å². The van der Waals surface area contributed by atoms with Gasteiger partial charge in [0, 0.05) is 19.1 Å². The van der Waals surface area contributed by atoms with Crippen LogP contribution in [0.15, 0.2) is 30.3 Å². The van der Waals surface area contributed by atoms with Crippen molar-refractivity contribution in [3.05, 3.63) is 35.9 Å². The third-order valence-electron chi connectivity index (χ3n) is 3.56. The first-order valence-electron chi connectivity index (χ1n) is 6.33. The van der Waals surface area contributed by atoms with Gasteiger partial charge in [-0.05, 0) is 25.3 Å². The first kappa shape index (κ1) is 13.5. The number of rotatable bonds is 4. The smallest absolute Gasteiger partial charge is 0.218 e. The van der Waals surface area contributed by atoms with E-state index in [2.05, 4.69) is 0 Å². The minimum Gasteiger partial charge on any atom is -0.329 e. The van der Waals surface area contributed by atoms with Crippen molar-refractivity contribution in [3.63, 3.8) is 0 Å². The van der Waals surface area contributed by atoms with E-state index < -0.39 is 15.3 Å². The molecule has 2 N–H and O–H groups in total. The van der Waals surface area contributed by atoms with E-state index in [0.717, 1.165) is 18.4 Å². The molecule has 1 fully saturated rings. The summed E-state index contributed by atoms with van der Waals surface area (Å²) in [7, 11) is -3.28. The second-order valence-electron chi connectivity index (χ2n) is 4.77. The Kier molecular flexibility index (Phi) is 4.04. The first-order valence-corrected chi connectivity index (χ1v) is 7.83. The van der Waals surface area contributed by atoms with Crippen LogP contribution in [0.1, 0.15) is 31.4 Å². The summed E-state index contributed by atoms with van der Waals surface area (Å²) < 4.78 is 26.4. The van der Waals surface area contributed by atoms with Crippen molar-refractivity contribution in [1.82, 2.24) is 4.31 Å². The van der Waals surface area contributed by atoms with E-state index in [4.69, 9.17) is 5.73 Å². The number of hydrogen-bond donors (Lipinski definition) is 1. The summed E-state index contributed by atoms with van der Waals surface area (Å²) in [5, 5.41) is -0.512. The van der Waals surface area contributed by atoms with Crippen LogP contribution < -0.4 is 5.73 Å². The Morgan fingerprint density at radius 2 is 2.06 bits per heavy atom. The van der Waals surface area contributed by atoms with E-state index >= 15 is 0 Å². The van der Waals surface area contributed by atoms with Crippen molar-refractivity contribution in [2.75, 3.05) is 13.1 Å². The second-order valence-corrected chi connectivity index (χ2v) is 7.07. The Balaban J connectivity index is 2.29. The molecule has 1 aliphatic heterocycles. The highest BCUT2D eigenvalue weighted by molar-refractivity contribution is 7.89. The zero-order chi connectivity index (χ0) is 13.2. The van der Waals surface area contributed by atoms with Gasteiger partial charge in [-0.1, -0.05) is 30.3 Å². The van der Waals surface area contributed by atoms with Crippen LogP contribution in [0.2, 0.25) is 0 Å². The summed E-state index contributed by atoms with van der Waals surface area (Å²) in [6, 6.07) is 9.80. The maximum atomic E-state index is 12.4. The molecule has 0 spiro atoms. The van der Waals surface area contributed by atoms with Crippen molar-refractivity contribution in [2.45, 2.75) is 31.1 Å². The fourth-order valence-corrected chi connectivity index (χ4v) is 4.08. The average molecular weight is 268 g/mol. The number of sulfonamides is 1. The van der Waals surface area contributed by atoms with Crippen LogP contribution >= 0.6 is 0 Å². The third-order valence-corrected chi connectivity index (χ3v) is 5.86. The van der Waals surface area contributed by atoms with Gasteiger partial charge in [-0.25, -0.2) is 8.42 Å². The van der Waals surface area contributed by atoms with Crippen LogP contribution in [-0.2, 0) is 10.0 Å². The summed E-state index contributed by atoms with van der Waals surface area (Å²) in [5.41, 5.74) is 6.58. The highest BCUT2D eigenvalue weighted by Crippen LogP contribution is 2.35. The second kappa shape index (κ2) is 5.38. The molecule has 2 unspecified atom stereocenters. The van der Waals surface area contributed by atoms with Crippen LogP contribution in [-0.4, -0.2) is 31.1 Å². The molecular weight excluding hydrogens is 248 g/mol. The van der Waals surface area contributed by atoms with Gasteiger partial charge in [-0.15, -0.1) is 0 Å². The van der Waals surface area contributed by atoms with Gasteiger partial charge in [-0.2, -0.15) is 4.31 Å². The lowest BCUT2D eigenvalue weighted by molar-refractivity contribution is 0.391. The Morgan fingerprint density at radius 1 is 1.39 bits per heavy atom. The maximum Gasteiger partial charge on any atom is 0.218 e. The van der Waals surface area contributed by atoms with Crippen molar-refractivity contribution >= 4 is 10.0 Å². The van der Waals surface area contributed by atoms with E-state index in [1.807, 2.05) is 30.3 Å². The fraction of sp³-hybridized carbons (Fsp3) is 0.538. The molecular formula is C13H20N2O2S. The van der Waals surface area contributed by atoms with Gasteiger partial charge in [0.1, 0.15) is 0 Å². The number of benzene rings is 1. The summed E-state index contributed by atoms with van der Waals surface area (Å²) in [6.45, 7) is 2.45. The summed E-state index contributed by atoms with van der Waals surface area (Å²) >= 11 is 0. The molecule has 100 valence electrons. The van der Waals surface area contributed by atoms with E-state index in [9.17, 15) is 8.42 Å². The number of nitrogens with two attached hydrogens (primary N) is 1. The Hall–Kier alpha value is -0.910. The van der Waals surface area contributed by atoms with Crippen molar-refractivity contribution in [3.8, 4) is 0 Å². The average Bonchev–Trinajstić information content (AvgIpc) is 2.88. The summed E-state index contributed by atoms with van der Waals surface area (Å²) in [6.07, 6.45) is 1.80. The molecule has 1 saturated heterocycles. The largest absolute Gasteiger partial charge is 0.329 e. The van der Waals surface area contributed by atoms with Crippen LogP contribution in [0.3, 0.4) is 0 Å². The molecule has 1 aromatic rings. The Bertz CT molecular complexity index is 487. The first-order chi connectivity index (χ1) is 8.57. The van der Waals surface area contributed by atoms with E-state index in [-0.39, 0.29) is 12.6 Å². The predicted molar refractivity (Wildman–Crippen MR) is 72.6 cm³/mol. The maximum absolute atomic E-state index is 12.4. The monoisotopic (exact) mass is 268 g/mol. The SMILES string of the molecule is CC(CN)S(=O)(=O)N1CCCC1c1ccccc1. The normalized spacial score (nSPS) is 23.1. The molecule has 0 saturated carbocycles. The number of nitrogens with zero attached hydrogens (tertiary/aromatic N) is 1. The van der Waals surface area contributed by atoms with Crippen molar-refractivity contribution < 1.29 is 8.42 Å². The molecule has 0 aromatic heterocycles. The Labute approximate surface area is 109 Å². The lowest BCUT2D eigenvalue weighted by atomic mass is 10.1. The molecule has 2 rings (SSSR count). The molecule has 1 aliphatic rings. The van der Waals surface area contributed by atoms with Crippen LogP contribution in [0.25, 0.3) is 0 Å². The standard InChI is InChI=1S/C13H20N2O2S/c1-11(10-14)18(16,17)15-9-5-8-13(15)12-6-3-2-4-7-12/h2-4,6-7,11,13H,5,8-10,14H2,1H3. The van der Waals surface area contributed by atoms with E-state index in [1.165, 1.54) is 0 Å².